The Hall–Kier alpha value is -1.38. The van der Waals surface area contributed by atoms with E-state index in [1.54, 1.807) is 0 Å². The van der Waals surface area contributed by atoms with Crippen LogP contribution in [0.15, 0.2) is 0 Å². The molecule has 0 aliphatic carbocycles. The number of aromatic nitrogens is 1. The van der Waals surface area contributed by atoms with E-state index in [2.05, 4.69) is 15.0 Å². The van der Waals surface area contributed by atoms with E-state index in [0.29, 0.717) is 36.7 Å². The van der Waals surface area contributed by atoms with Crippen molar-refractivity contribution in [2.24, 2.45) is 0 Å². The molecule has 1 aliphatic heterocycles. The summed E-state index contributed by atoms with van der Waals surface area (Å²) >= 11 is 1.10. The van der Waals surface area contributed by atoms with Gasteiger partial charge in [-0.1, -0.05) is 0 Å². The van der Waals surface area contributed by atoms with Gasteiger partial charge < -0.3 is 26.2 Å². The number of amides is 1. The third kappa shape index (κ3) is 2.55. The highest BCUT2D eigenvalue weighted by Crippen LogP contribution is 2.28. The molecule has 2 heterocycles. The van der Waals surface area contributed by atoms with Crippen molar-refractivity contribution in [1.29, 1.82) is 0 Å². The highest BCUT2D eigenvalue weighted by molar-refractivity contribution is 7.11. The Morgan fingerprint density at radius 1 is 1.72 bits per heavy atom. The molecular formula is C10H16N4O3S. The zero-order valence-electron chi connectivity index (χ0n) is 10.0. The summed E-state index contributed by atoms with van der Waals surface area (Å²) in [6.45, 7) is 1.15. The van der Waals surface area contributed by atoms with Crippen LogP contribution in [0.2, 0.25) is 0 Å². The van der Waals surface area contributed by atoms with E-state index in [0.717, 1.165) is 11.5 Å². The lowest BCUT2D eigenvalue weighted by molar-refractivity contribution is 0.0382. The average molecular weight is 272 g/mol. The zero-order chi connectivity index (χ0) is 13.2. The lowest BCUT2D eigenvalue weighted by Crippen LogP contribution is -2.37. The van der Waals surface area contributed by atoms with Gasteiger partial charge in [-0.05, 0) is 11.5 Å². The Morgan fingerprint density at radius 2 is 2.50 bits per heavy atom. The number of nitrogens with two attached hydrogens (primary N) is 1. The van der Waals surface area contributed by atoms with Crippen LogP contribution in [0.4, 0.5) is 10.8 Å². The van der Waals surface area contributed by atoms with Gasteiger partial charge in [0.25, 0.3) is 5.91 Å². The smallest absolute Gasteiger partial charge is 0.257 e. The molecule has 7 nitrogen and oxygen atoms in total. The number of nitrogens with one attached hydrogen (secondary N) is 2. The highest BCUT2D eigenvalue weighted by atomic mass is 32.1. The minimum Gasteiger partial charge on any atom is -0.386 e. The summed E-state index contributed by atoms with van der Waals surface area (Å²) in [6, 6.07) is 0. The molecule has 1 fully saturated rings. The molecule has 5 N–H and O–H groups in total. The molecule has 0 bridgehead atoms. The van der Waals surface area contributed by atoms with Gasteiger partial charge in [-0.15, -0.1) is 0 Å². The summed E-state index contributed by atoms with van der Waals surface area (Å²) < 4.78 is 9.08. The van der Waals surface area contributed by atoms with Gasteiger partial charge in [-0.25, -0.2) is 0 Å². The number of nitrogens with zero attached hydrogens (tertiary/aromatic N) is 1. The molecule has 2 rings (SSSR count). The average Bonchev–Trinajstić information content (AvgIpc) is 2.93. The third-order valence-electron chi connectivity index (χ3n) is 2.83. The molecule has 0 aromatic carbocycles. The van der Waals surface area contributed by atoms with E-state index < -0.39 is 5.60 Å². The molecule has 0 saturated carbocycles. The maximum absolute atomic E-state index is 11.6. The van der Waals surface area contributed by atoms with Crippen molar-refractivity contribution in [1.82, 2.24) is 9.69 Å². The minimum atomic E-state index is -0.890. The first-order valence-corrected chi connectivity index (χ1v) is 6.34. The first-order chi connectivity index (χ1) is 8.56. The van der Waals surface area contributed by atoms with Crippen LogP contribution in [0.5, 0.6) is 0 Å². The van der Waals surface area contributed by atoms with E-state index in [4.69, 9.17) is 10.5 Å². The number of carbonyl (C=O) groups is 1. The number of aliphatic hydroxyl groups is 1. The topological polar surface area (TPSA) is 110 Å². The maximum Gasteiger partial charge on any atom is 0.257 e. The quantitative estimate of drug-likeness (QED) is 0.596. The Kier molecular flexibility index (Phi) is 3.69. The van der Waals surface area contributed by atoms with Crippen LogP contribution >= 0.6 is 11.5 Å². The second kappa shape index (κ2) is 5.09. The molecule has 1 aliphatic rings. The summed E-state index contributed by atoms with van der Waals surface area (Å²) in [5.74, 6) is -0.102. The number of anilines is 2. The fourth-order valence-corrected chi connectivity index (χ4v) is 2.45. The summed E-state index contributed by atoms with van der Waals surface area (Å²) in [7, 11) is 1.53. The second-order valence-electron chi connectivity index (χ2n) is 4.23. The van der Waals surface area contributed by atoms with Crippen LogP contribution in [0.25, 0.3) is 0 Å². The predicted molar refractivity (Wildman–Crippen MR) is 68.8 cm³/mol. The maximum atomic E-state index is 11.6. The summed E-state index contributed by atoms with van der Waals surface area (Å²) in [6.07, 6.45) is 0.573. The van der Waals surface area contributed by atoms with Gasteiger partial charge in [0, 0.05) is 26.6 Å². The van der Waals surface area contributed by atoms with Crippen LogP contribution < -0.4 is 16.4 Å². The van der Waals surface area contributed by atoms with Gasteiger partial charge in [-0.2, -0.15) is 4.37 Å². The molecular weight excluding hydrogens is 256 g/mol. The Balaban J connectivity index is 2.07. The highest BCUT2D eigenvalue weighted by Gasteiger charge is 2.32. The Labute approximate surface area is 108 Å². The van der Waals surface area contributed by atoms with Gasteiger partial charge >= 0.3 is 0 Å². The Morgan fingerprint density at radius 3 is 3.11 bits per heavy atom. The minimum absolute atomic E-state index is 0.191. The van der Waals surface area contributed by atoms with Crippen LogP contribution in [0.3, 0.4) is 0 Å². The molecule has 1 unspecified atom stereocenters. The molecule has 0 radical (unpaired) electrons. The number of nitrogen functional groups attached to an aromatic ring is 1. The zero-order valence-corrected chi connectivity index (χ0v) is 10.8. The molecule has 1 atom stereocenters. The first kappa shape index (κ1) is 13.1. The molecule has 1 amide bonds. The fourth-order valence-electron chi connectivity index (χ4n) is 1.75. The Bertz CT molecular complexity index is 442. The van der Waals surface area contributed by atoms with Gasteiger partial charge in [-0.3, -0.25) is 4.79 Å². The van der Waals surface area contributed by atoms with Gasteiger partial charge in [0.2, 0.25) is 0 Å². The standard InChI is InChI=1S/C10H16N4O3S/c1-12-8(15)6-7(11)14-18-9(6)13-4-10(16)2-3-17-5-10/h13,16H,2-5H2,1H3,(H2,11,14)(H,12,15). The number of ether oxygens (including phenoxy) is 1. The van der Waals surface area contributed by atoms with Gasteiger partial charge in [0.1, 0.15) is 16.2 Å². The van der Waals surface area contributed by atoms with Gasteiger partial charge in [0.15, 0.2) is 5.82 Å². The van der Waals surface area contributed by atoms with Gasteiger partial charge in [0.05, 0.1) is 6.61 Å². The molecule has 1 aromatic heterocycles. The van der Waals surface area contributed by atoms with Crippen LogP contribution in [-0.4, -0.2) is 47.8 Å². The number of carbonyl (C=O) groups excluding carboxylic acids is 1. The number of hydrogen-bond donors (Lipinski definition) is 4. The normalized spacial score (nSPS) is 23.0. The molecule has 18 heavy (non-hydrogen) atoms. The first-order valence-electron chi connectivity index (χ1n) is 5.57. The largest absolute Gasteiger partial charge is 0.386 e. The molecule has 1 aromatic rings. The van der Waals surface area contributed by atoms with E-state index in [9.17, 15) is 9.90 Å². The van der Waals surface area contributed by atoms with Crippen molar-refractivity contribution in [3.8, 4) is 0 Å². The SMILES string of the molecule is CNC(=O)c1c(N)nsc1NCC1(O)CCOC1. The van der Waals surface area contributed by atoms with E-state index >= 15 is 0 Å². The molecule has 1 saturated heterocycles. The molecule has 8 heteroatoms. The number of hydrogen-bond acceptors (Lipinski definition) is 7. The van der Waals surface area contributed by atoms with E-state index in [1.807, 2.05) is 0 Å². The lowest BCUT2D eigenvalue weighted by atomic mass is 10.0. The van der Waals surface area contributed by atoms with Crippen molar-refractivity contribution < 1.29 is 14.6 Å². The monoisotopic (exact) mass is 272 g/mol. The lowest BCUT2D eigenvalue weighted by Gasteiger charge is -2.20. The van der Waals surface area contributed by atoms with E-state index in [-0.39, 0.29) is 11.7 Å². The molecule has 100 valence electrons. The third-order valence-corrected chi connectivity index (χ3v) is 3.65. The van der Waals surface area contributed by atoms with Crippen molar-refractivity contribution in [3.63, 3.8) is 0 Å². The van der Waals surface area contributed by atoms with Crippen molar-refractivity contribution >= 4 is 28.3 Å². The summed E-state index contributed by atoms with van der Waals surface area (Å²) in [5.41, 5.74) is 5.08. The van der Waals surface area contributed by atoms with Crippen molar-refractivity contribution in [3.05, 3.63) is 5.56 Å². The van der Waals surface area contributed by atoms with E-state index in [1.165, 1.54) is 7.05 Å². The van der Waals surface area contributed by atoms with Crippen LogP contribution in [0, 0.1) is 0 Å². The van der Waals surface area contributed by atoms with Crippen molar-refractivity contribution in [2.45, 2.75) is 12.0 Å². The number of rotatable bonds is 4. The summed E-state index contributed by atoms with van der Waals surface area (Å²) in [5, 5.41) is 16.2. The predicted octanol–water partition coefficient (Wildman–Crippen LogP) is -0.352. The van der Waals surface area contributed by atoms with Crippen molar-refractivity contribution in [2.75, 3.05) is 37.9 Å². The summed E-state index contributed by atoms with van der Waals surface area (Å²) in [4.78, 5) is 11.6. The van der Waals surface area contributed by atoms with Crippen LogP contribution in [0.1, 0.15) is 16.8 Å². The molecule has 0 spiro atoms. The van der Waals surface area contributed by atoms with Crippen LogP contribution in [-0.2, 0) is 4.74 Å². The fraction of sp³-hybridized carbons (Fsp3) is 0.600. The second-order valence-corrected chi connectivity index (χ2v) is 5.00.